The Kier molecular flexibility index (Phi) is 3.98. The molecule has 0 saturated heterocycles. The number of hydrogen-bond donors (Lipinski definition) is 2. The van der Waals surface area contributed by atoms with Gasteiger partial charge in [-0.3, -0.25) is 9.59 Å². The van der Waals surface area contributed by atoms with Gasteiger partial charge in [0.2, 0.25) is 5.91 Å². The second-order valence-corrected chi connectivity index (χ2v) is 7.08. The lowest BCUT2D eigenvalue weighted by Crippen LogP contribution is -2.18. The van der Waals surface area contributed by atoms with Crippen molar-refractivity contribution < 1.29 is 9.59 Å². The van der Waals surface area contributed by atoms with Crippen molar-refractivity contribution in [3.05, 3.63) is 40.5 Å². The molecule has 0 radical (unpaired) electrons. The Morgan fingerprint density at radius 2 is 2.13 bits per heavy atom. The Hall–Kier alpha value is -2.14. The number of rotatable bonds is 3. The molecular formula is C18H20N2O2S. The van der Waals surface area contributed by atoms with Gasteiger partial charge in [-0.1, -0.05) is 30.7 Å². The van der Waals surface area contributed by atoms with E-state index in [0.717, 1.165) is 23.3 Å². The Bertz CT molecular complexity index is 808. The summed E-state index contributed by atoms with van der Waals surface area (Å²) in [6, 6.07) is 6.47. The fourth-order valence-corrected chi connectivity index (χ4v) is 4.65. The summed E-state index contributed by atoms with van der Waals surface area (Å²) in [4.78, 5) is 24.5. The lowest BCUT2D eigenvalue weighted by molar-refractivity contribution is -0.114. The van der Waals surface area contributed by atoms with E-state index in [-0.39, 0.29) is 5.91 Å². The van der Waals surface area contributed by atoms with Gasteiger partial charge in [-0.25, -0.2) is 0 Å². The van der Waals surface area contributed by atoms with Gasteiger partial charge in [-0.15, -0.1) is 11.3 Å². The number of aryl methyl sites for hydroxylation is 1. The topological polar surface area (TPSA) is 72.2 Å². The van der Waals surface area contributed by atoms with Crippen LogP contribution >= 0.6 is 11.3 Å². The molecule has 0 fully saturated rings. The lowest BCUT2D eigenvalue weighted by Gasteiger charge is -2.25. The van der Waals surface area contributed by atoms with Gasteiger partial charge in [0.1, 0.15) is 5.00 Å². The van der Waals surface area contributed by atoms with E-state index in [1.54, 1.807) is 0 Å². The third-order valence-electron chi connectivity index (χ3n) is 4.38. The second-order valence-electron chi connectivity index (χ2n) is 6.06. The molecule has 1 heterocycles. The molecule has 120 valence electrons. The van der Waals surface area contributed by atoms with Crippen LogP contribution in [0.3, 0.4) is 0 Å². The summed E-state index contributed by atoms with van der Waals surface area (Å²) in [6.45, 7) is 5.66. The summed E-state index contributed by atoms with van der Waals surface area (Å²) >= 11 is 1.45. The molecule has 1 aliphatic rings. The molecule has 1 aromatic heterocycles. The van der Waals surface area contributed by atoms with Gasteiger partial charge in [0.05, 0.1) is 5.56 Å². The summed E-state index contributed by atoms with van der Waals surface area (Å²) in [5.74, 6) is -0.296. The molecule has 0 bridgehead atoms. The summed E-state index contributed by atoms with van der Waals surface area (Å²) in [7, 11) is 0. The Morgan fingerprint density at radius 1 is 1.39 bits per heavy atom. The Balaban J connectivity index is 2.26. The predicted octanol–water partition coefficient (Wildman–Crippen LogP) is 3.83. The van der Waals surface area contributed by atoms with Gasteiger partial charge in [-0.05, 0) is 42.4 Å². The fourth-order valence-electron chi connectivity index (χ4n) is 3.33. The molecule has 1 aliphatic carbocycles. The SMILES string of the molecule is CCC1Cc2c(sc(NC(C)=O)c2C(N)=O)-c2cc(C)ccc21. The van der Waals surface area contributed by atoms with Crippen molar-refractivity contribution >= 4 is 28.2 Å². The van der Waals surface area contributed by atoms with Crippen molar-refractivity contribution in [3.63, 3.8) is 0 Å². The number of primary amides is 1. The van der Waals surface area contributed by atoms with E-state index in [1.165, 1.54) is 35.0 Å². The highest BCUT2D eigenvalue weighted by Gasteiger charge is 2.31. The molecule has 1 aromatic carbocycles. The van der Waals surface area contributed by atoms with Crippen LogP contribution in [0.2, 0.25) is 0 Å². The van der Waals surface area contributed by atoms with Crippen LogP contribution in [-0.2, 0) is 11.2 Å². The zero-order valence-corrected chi connectivity index (χ0v) is 14.3. The number of nitrogens with two attached hydrogens (primary N) is 1. The third kappa shape index (κ3) is 2.65. The first kappa shape index (κ1) is 15.7. The van der Waals surface area contributed by atoms with Crippen LogP contribution < -0.4 is 11.1 Å². The van der Waals surface area contributed by atoms with Crippen LogP contribution in [0.5, 0.6) is 0 Å². The van der Waals surface area contributed by atoms with Crippen molar-refractivity contribution in [2.75, 3.05) is 5.32 Å². The van der Waals surface area contributed by atoms with Gasteiger partial charge in [0.15, 0.2) is 0 Å². The molecule has 23 heavy (non-hydrogen) atoms. The van der Waals surface area contributed by atoms with E-state index < -0.39 is 5.91 Å². The van der Waals surface area contributed by atoms with E-state index in [4.69, 9.17) is 5.73 Å². The van der Waals surface area contributed by atoms with Crippen LogP contribution in [0.25, 0.3) is 10.4 Å². The van der Waals surface area contributed by atoms with E-state index in [9.17, 15) is 9.59 Å². The van der Waals surface area contributed by atoms with Crippen molar-refractivity contribution in [1.82, 2.24) is 0 Å². The monoisotopic (exact) mass is 328 g/mol. The second kappa shape index (κ2) is 5.81. The van der Waals surface area contributed by atoms with Gasteiger partial charge in [-0.2, -0.15) is 0 Å². The summed E-state index contributed by atoms with van der Waals surface area (Å²) in [5.41, 5.74) is 10.7. The summed E-state index contributed by atoms with van der Waals surface area (Å²) < 4.78 is 0. The number of hydrogen-bond acceptors (Lipinski definition) is 3. The minimum Gasteiger partial charge on any atom is -0.365 e. The maximum Gasteiger partial charge on any atom is 0.252 e. The molecule has 2 aromatic rings. The molecule has 5 heteroatoms. The first-order chi connectivity index (χ1) is 10.9. The van der Waals surface area contributed by atoms with Crippen LogP contribution in [0.15, 0.2) is 18.2 Å². The minimum absolute atomic E-state index is 0.192. The van der Waals surface area contributed by atoms with E-state index >= 15 is 0 Å². The average molecular weight is 328 g/mol. The molecule has 0 spiro atoms. The third-order valence-corrected chi connectivity index (χ3v) is 5.56. The van der Waals surface area contributed by atoms with Gasteiger partial charge in [0, 0.05) is 11.8 Å². The van der Waals surface area contributed by atoms with Crippen LogP contribution in [0.1, 0.15) is 53.2 Å². The maximum atomic E-state index is 12.0. The zero-order chi connectivity index (χ0) is 16.7. The lowest BCUT2D eigenvalue weighted by atomic mass is 9.79. The molecular weight excluding hydrogens is 308 g/mol. The van der Waals surface area contributed by atoms with E-state index in [0.29, 0.717) is 16.5 Å². The van der Waals surface area contributed by atoms with Crippen molar-refractivity contribution in [2.24, 2.45) is 5.73 Å². The standard InChI is InChI=1S/C18H20N2O2S/c1-4-11-8-14-15(17(19)22)18(20-10(3)21)23-16(14)13-7-9(2)5-6-12(11)13/h5-7,11H,4,8H2,1-3H3,(H2,19,22)(H,20,21). The molecule has 0 saturated carbocycles. The number of nitrogens with one attached hydrogen (secondary N) is 1. The number of fused-ring (bicyclic) bond motifs is 3. The Labute approximate surface area is 139 Å². The molecule has 3 N–H and O–H groups in total. The van der Waals surface area contributed by atoms with Crippen molar-refractivity contribution in [3.8, 4) is 10.4 Å². The molecule has 4 nitrogen and oxygen atoms in total. The highest BCUT2D eigenvalue weighted by molar-refractivity contribution is 7.20. The largest absolute Gasteiger partial charge is 0.365 e. The fraction of sp³-hybridized carbons (Fsp3) is 0.333. The molecule has 3 rings (SSSR count). The molecule has 1 unspecified atom stereocenters. The van der Waals surface area contributed by atoms with Crippen LogP contribution in [0, 0.1) is 6.92 Å². The summed E-state index contributed by atoms with van der Waals surface area (Å²) in [5, 5.41) is 3.34. The number of carbonyl (C=O) groups is 2. The van der Waals surface area contributed by atoms with E-state index in [1.807, 2.05) is 0 Å². The highest BCUT2D eigenvalue weighted by atomic mass is 32.1. The zero-order valence-electron chi connectivity index (χ0n) is 13.5. The number of carbonyl (C=O) groups excluding carboxylic acids is 2. The highest BCUT2D eigenvalue weighted by Crippen LogP contribution is 2.49. The first-order valence-corrected chi connectivity index (χ1v) is 8.58. The van der Waals surface area contributed by atoms with Crippen LogP contribution in [0.4, 0.5) is 5.00 Å². The quantitative estimate of drug-likeness (QED) is 0.898. The first-order valence-electron chi connectivity index (χ1n) is 7.76. The maximum absolute atomic E-state index is 12.0. The Morgan fingerprint density at radius 3 is 2.74 bits per heavy atom. The number of amides is 2. The van der Waals surface area contributed by atoms with Crippen molar-refractivity contribution in [2.45, 2.75) is 39.5 Å². The van der Waals surface area contributed by atoms with E-state index in [2.05, 4.69) is 37.4 Å². The van der Waals surface area contributed by atoms with Crippen molar-refractivity contribution in [1.29, 1.82) is 0 Å². The van der Waals surface area contributed by atoms with Crippen LogP contribution in [-0.4, -0.2) is 11.8 Å². The number of thiophene rings is 1. The average Bonchev–Trinajstić information content (AvgIpc) is 2.83. The smallest absolute Gasteiger partial charge is 0.252 e. The van der Waals surface area contributed by atoms with Gasteiger partial charge in [0.25, 0.3) is 5.91 Å². The molecule has 1 atom stereocenters. The molecule has 0 aliphatic heterocycles. The van der Waals surface area contributed by atoms with Gasteiger partial charge >= 0.3 is 0 Å². The minimum atomic E-state index is -0.475. The number of benzene rings is 1. The normalized spacial score (nSPS) is 15.7. The predicted molar refractivity (Wildman–Crippen MR) is 94.0 cm³/mol. The van der Waals surface area contributed by atoms with Gasteiger partial charge < -0.3 is 11.1 Å². The molecule has 2 amide bonds. The summed E-state index contributed by atoms with van der Waals surface area (Å²) in [6.07, 6.45) is 1.79. The number of anilines is 1.